The van der Waals surface area contributed by atoms with Gasteiger partial charge in [0.1, 0.15) is 0 Å². The Bertz CT molecular complexity index is 989. The molecule has 0 unspecified atom stereocenters. The van der Waals surface area contributed by atoms with Crippen LogP contribution in [0, 0.1) is 17.4 Å². The van der Waals surface area contributed by atoms with Gasteiger partial charge in [0.15, 0.2) is 0 Å². The molecule has 0 saturated heterocycles. The van der Waals surface area contributed by atoms with E-state index in [-0.39, 0.29) is 0 Å². The molecule has 3 aromatic carbocycles. The number of nitrogens with zero attached hydrogens (tertiary/aromatic N) is 2. The second kappa shape index (κ2) is 4.50. The van der Waals surface area contributed by atoms with Crippen molar-refractivity contribution < 1.29 is 0 Å². The molecular formula is C19H11N2. The molecule has 0 aliphatic carbocycles. The quantitative estimate of drug-likeness (QED) is 0.500. The molecule has 0 aliphatic heterocycles. The summed E-state index contributed by atoms with van der Waals surface area (Å²) in [4.78, 5) is 0. The van der Waals surface area contributed by atoms with E-state index in [1.54, 1.807) is 0 Å². The van der Waals surface area contributed by atoms with Crippen molar-refractivity contribution in [1.82, 2.24) is 4.57 Å². The SMILES string of the molecule is N#Cc1ccc2c3cc[c]cc3n(-c3ccccc3)c2c1. The maximum atomic E-state index is 9.17. The largest absolute Gasteiger partial charge is 0.309 e. The molecule has 2 heteroatoms. The average Bonchev–Trinajstić information content (AvgIpc) is 2.89. The zero-order valence-electron chi connectivity index (χ0n) is 11.2. The van der Waals surface area contributed by atoms with E-state index in [0.717, 1.165) is 22.1 Å². The van der Waals surface area contributed by atoms with Gasteiger partial charge in [-0.25, -0.2) is 0 Å². The molecule has 0 atom stereocenters. The predicted octanol–water partition coefficient (Wildman–Crippen LogP) is 4.46. The van der Waals surface area contributed by atoms with Gasteiger partial charge in [-0.1, -0.05) is 36.4 Å². The van der Waals surface area contributed by atoms with Gasteiger partial charge in [-0.05, 0) is 36.4 Å². The summed E-state index contributed by atoms with van der Waals surface area (Å²) in [7, 11) is 0. The first-order valence-electron chi connectivity index (χ1n) is 6.78. The lowest BCUT2D eigenvalue weighted by Crippen LogP contribution is -1.93. The van der Waals surface area contributed by atoms with Gasteiger partial charge in [0, 0.05) is 16.5 Å². The summed E-state index contributed by atoms with van der Waals surface area (Å²) < 4.78 is 2.18. The van der Waals surface area contributed by atoms with Crippen molar-refractivity contribution in [3.05, 3.63) is 78.4 Å². The second-order valence-electron chi connectivity index (χ2n) is 4.96. The molecule has 0 spiro atoms. The highest BCUT2D eigenvalue weighted by Gasteiger charge is 2.11. The highest BCUT2D eigenvalue weighted by atomic mass is 15.0. The Balaban J connectivity index is 2.22. The topological polar surface area (TPSA) is 28.7 Å². The Kier molecular flexibility index (Phi) is 2.52. The lowest BCUT2D eigenvalue weighted by molar-refractivity contribution is 1.18. The summed E-state index contributed by atoms with van der Waals surface area (Å²) in [6.45, 7) is 0. The van der Waals surface area contributed by atoms with Crippen molar-refractivity contribution in [3.8, 4) is 11.8 Å². The number of hydrogen-bond donors (Lipinski definition) is 0. The molecule has 0 amide bonds. The summed E-state index contributed by atoms with van der Waals surface area (Å²) in [6, 6.07) is 27.4. The van der Waals surface area contributed by atoms with Gasteiger partial charge < -0.3 is 4.57 Å². The van der Waals surface area contributed by atoms with Crippen molar-refractivity contribution in [2.24, 2.45) is 0 Å². The number of rotatable bonds is 1. The van der Waals surface area contributed by atoms with Gasteiger partial charge in [0.25, 0.3) is 0 Å². The fraction of sp³-hybridized carbons (Fsp3) is 0. The lowest BCUT2D eigenvalue weighted by atomic mass is 10.1. The van der Waals surface area contributed by atoms with E-state index in [9.17, 15) is 0 Å². The minimum Gasteiger partial charge on any atom is -0.309 e. The first-order chi connectivity index (χ1) is 10.4. The Morgan fingerprint density at radius 1 is 0.905 bits per heavy atom. The van der Waals surface area contributed by atoms with Crippen LogP contribution in [-0.4, -0.2) is 4.57 Å². The summed E-state index contributed by atoms with van der Waals surface area (Å²) in [5.74, 6) is 0. The Morgan fingerprint density at radius 3 is 2.52 bits per heavy atom. The van der Waals surface area contributed by atoms with Crippen LogP contribution in [0.4, 0.5) is 0 Å². The molecule has 0 fully saturated rings. The van der Waals surface area contributed by atoms with Crippen molar-refractivity contribution in [2.75, 3.05) is 0 Å². The van der Waals surface area contributed by atoms with Crippen LogP contribution in [-0.2, 0) is 0 Å². The molecule has 4 rings (SSSR count). The van der Waals surface area contributed by atoms with Gasteiger partial charge in [-0.2, -0.15) is 5.26 Å². The highest BCUT2D eigenvalue weighted by Crippen LogP contribution is 2.32. The molecule has 0 aliphatic rings. The van der Waals surface area contributed by atoms with Gasteiger partial charge in [-0.3, -0.25) is 0 Å². The van der Waals surface area contributed by atoms with Crippen molar-refractivity contribution in [1.29, 1.82) is 5.26 Å². The standard InChI is InChI=1S/C19H11N2/c20-13-14-10-11-17-16-8-4-5-9-18(16)21(19(17)12-14)15-6-2-1-3-7-15/h1-4,6-12H. The minimum atomic E-state index is 0.673. The molecule has 0 saturated carbocycles. The second-order valence-corrected chi connectivity index (χ2v) is 4.96. The third kappa shape index (κ3) is 1.72. The number of hydrogen-bond acceptors (Lipinski definition) is 1. The number of fused-ring (bicyclic) bond motifs is 3. The molecule has 1 heterocycles. The van der Waals surface area contributed by atoms with Crippen LogP contribution in [0.1, 0.15) is 5.56 Å². The zero-order valence-corrected chi connectivity index (χ0v) is 11.2. The number of nitriles is 1. The van der Waals surface area contributed by atoms with Crippen molar-refractivity contribution in [2.45, 2.75) is 0 Å². The number of benzene rings is 3. The Labute approximate surface area is 122 Å². The van der Waals surface area contributed by atoms with Crippen molar-refractivity contribution in [3.63, 3.8) is 0 Å². The first kappa shape index (κ1) is 11.7. The van der Waals surface area contributed by atoms with Gasteiger partial charge >= 0.3 is 0 Å². The summed E-state index contributed by atoms with van der Waals surface area (Å²) in [6.07, 6.45) is 0. The molecule has 0 N–H and O–H groups in total. The summed E-state index contributed by atoms with van der Waals surface area (Å²) in [5, 5.41) is 11.5. The molecule has 21 heavy (non-hydrogen) atoms. The fourth-order valence-corrected chi connectivity index (χ4v) is 2.83. The molecule has 1 aromatic heterocycles. The molecule has 4 aromatic rings. The number of para-hydroxylation sites is 1. The van der Waals surface area contributed by atoms with Crippen LogP contribution >= 0.6 is 0 Å². The van der Waals surface area contributed by atoms with E-state index in [1.807, 2.05) is 48.5 Å². The van der Waals surface area contributed by atoms with E-state index >= 15 is 0 Å². The summed E-state index contributed by atoms with van der Waals surface area (Å²) >= 11 is 0. The predicted molar refractivity (Wildman–Crippen MR) is 84.3 cm³/mol. The van der Waals surface area contributed by atoms with Crippen LogP contribution < -0.4 is 0 Å². The van der Waals surface area contributed by atoms with E-state index < -0.39 is 0 Å². The highest BCUT2D eigenvalue weighted by molar-refractivity contribution is 6.09. The van der Waals surface area contributed by atoms with E-state index in [4.69, 9.17) is 5.26 Å². The monoisotopic (exact) mass is 267 g/mol. The fourth-order valence-electron chi connectivity index (χ4n) is 2.83. The maximum Gasteiger partial charge on any atom is 0.0992 e. The Morgan fingerprint density at radius 2 is 1.71 bits per heavy atom. The van der Waals surface area contributed by atoms with Crippen LogP contribution in [0.2, 0.25) is 0 Å². The average molecular weight is 267 g/mol. The molecular weight excluding hydrogens is 256 g/mol. The van der Waals surface area contributed by atoms with E-state index in [1.165, 1.54) is 5.39 Å². The normalized spacial score (nSPS) is 10.8. The van der Waals surface area contributed by atoms with Crippen LogP contribution in [0.15, 0.2) is 66.7 Å². The van der Waals surface area contributed by atoms with Crippen LogP contribution in [0.3, 0.4) is 0 Å². The number of aromatic nitrogens is 1. The molecule has 97 valence electrons. The minimum absolute atomic E-state index is 0.673. The summed E-state index contributed by atoms with van der Waals surface area (Å²) in [5.41, 5.74) is 3.92. The molecule has 1 radical (unpaired) electrons. The lowest BCUT2D eigenvalue weighted by Gasteiger charge is -2.07. The van der Waals surface area contributed by atoms with Crippen LogP contribution in [0.25, 0.3) is 27.5 Å². The van der Waals surface area contributed by atoms with E-state index in [2.05, 4.69) is 34.9 Å². The smallest absolute Gasteiger partial charge is 0.0992 e. The van der Waals surface area contributed by atoms with E-state index in [0.29, 0.717) is 5.56 Å². The third-order valence-corrected chi connectivity index (χ3v) is 3.76. The Hall–Kier alpha value is -3.05. The molecule has 2 nitrogen and oxygen atoms in total. The van der Waals surface area contributed by atoms with Gasteiger partial charge in [0.05, 0.1) is 22.7 Å². The van der Waals surface area contributed by atoms with Gasteiger partial charge in [-0.15, -0.1) is 0 Å². The zero-order chi connectivity index (χ0) is 14.2. The third-order valence-electron chi connectivity index (χ3n) is 3.76. The van der Waals surface area contributed by atoms with Crippen LogP contribution in [0.5, 0.6) is 0 Å². The van der Waals surface area contributed by atoms with Crippen molar-refractivity contribution >= 4 is 21.8 Å². The van der Waals surface area contributed by atoms with Gasteiger partial charge in [0.2, 0.25) is 0 Å². The maximum absolute atomic E-state index is 9.17. The first-order valence-corrected chi connectivity index (χ1v) is 6.78. The molecule has 0 bridgehead atoms.